The maximum Gasteiger partial charge on any atom is 0.268 e. The molecule has 0 atom stereocenters. The van der Waals surface area contributed by atoms with Crippen molar-refractivity contribution in [3.8, 4) is 0 Å². The average Bonchev–Trinajstić information content (AvgIpc) is 3.31. The van der Waals surface area contributed by atoms with Crippen LogP contribution in [-0.2, 0) is 4.79 Å². The third-order valence-corrected chi connectivity index (χ3v) is 3.70. The van der Waals surface area contributed by atoms with Crippen LogP contribution in [0.2, 0.25) is 0 Å². The number of rotatable bonds is 6. The predicted molar refractivity (Wildman–Crippen MR) is 75.2 cm³/mol. The summed E-state index contributed by atoms with van der Waals surface area (Å²) in [6.45, 7) is 0.910. The Hall–Kier alpha value is -1.98. The first kappa shape index (κ1) is 13.0. The number of carbonyl (C=O) groups is 2. The molecule has 4 N–H and O–H groups in total. The fourth-order valence-corrected chi connectivity index (χ4v) is 2.28. The predicted octanol–water partition coefficient (Wildman–Crippen LogP) is 0.661. The Morgan fingerprint density at radius 3 is 2.55 bits per heavy atom. The number of hydrogen-bond acceptors (Lipinski definition) is 3. The Morgan fingerprint density at radius 2 is 1.90 bits per heavy atom. The van der Waals surface area contributed by atoms with Crippen LogP contribution < -0.4 is 16.4 Å². The van der Waals surface area contributed by atoms with Crippen molar-refractivity contribution in [2.75, 3.05) is 18.8 Å². The van der Waals surface area contributed by atoms with Crippen LogP contribution in [0.25, 0.3) is 0 Å². The van der Waals surface area contributed by atoms with E-state index in [0.717, 1.165) is 25.7 Å². The Morgan fingerprint density at radius 1 is 1.20 bits per heavy atom. The molecule has 2 aliphatic carbocycles. The molecule has 0 saturated heterocycles. The number of nitrogen functional groups attached to an aromatic ring is 1. The number of carbonyl (C=O) groups excluding carboxylic acids is 2. The van der Waals surface area contributed by atoms with Gasteiger partial charge in [-0.2, -0.15) is 0 Å². The Balaban J connectivity index is 1.47. The van der Waals surface area contributed by atoms with E-state index in [4.69, 9.17) is 5.73 Å². The molecule has 1 aromatic rings. The zero-order valence-corrected chi connectivity index (χ0v) is 11.4. The molecule has 0 spiro atoms. The first-order valence-corrected chi connectivity index (χ1v) is 7.18. The molecule has 2 saturated carbocycles. The number of nitrogens with one attached hydrogen (secondary N) is 2. The number of nitrogens with two attached hydrogens (primary N) is 1. The van der Waals surface area contributed by atoms with Gasteiger partial charge in [0.15, 0.2) is 0 Å². The molecular formula is C14H20N4O2. The third-order valence-electron chi connectivity index (χ3n) is 3.70. The standard InChI is InChI=1S/C14H20N4O2/c15-10-7-12(18(8-10)11-3-4-11)14(20)17-6-5-16-13(19)9-1-2-9/h7-9,11H,1-6,15H2,(H,16,19)(H,17,20). The molecule has 2 fully saturated rings. The van der Waals surface area contributed by atoms with Crippen LogP contribution in [0.3, 0.4) is 0 Å². The van der Waals surface area contributed by atoms with Gasteiger partial charge in [-0.3, -0.25) is 9.59 Å². The summed E-state index contributed by atoms with van der Waals surface area (Å²) in [5.41, 5.74) is 6.98. The summed E-state index contributed by atoms with van der Waals surface area (Å²) in [4.78, 5) is 23.5. The van der Waals surface area contributed by atoms with Gasteiger partial charge >= 0.3 is 0 Å². The van der Waals surface area contributed by atoms with Crippen molar-refractivity contribution in [1.29, 1.82) is 0 Å². The lowest BCUT2D eigenvalue weighted by atomic mass is 10.3. The van der Waals surface area contributed by atoms with Gasteiger partial charge in [0.2, 0.25) is 5.91 Å². The topological polar surface area (TPSA) is 89.2 Å². The highest BCUT2D eigenvalue weighted by Gasteiger charge is 2.29. The fraction of sp³-hybridized carbons (Fsp3) is 0.571. The van der Waals surface area contributed by atoms with Gasteiger partial charge in [0.05, 0.1) is 5.69 Å². The molecule has 0 radical (unpaired) electrons. The summed E-state index contributed by atoms with van der Waals surface area (Å²) < 4.78 is 1.95. The second-order valence-electron chi connectivity index (χ2n) is 5.62. The van der Waals surface area contributed by atoms with Crippen LogP contribution in [0, 0.1) is 5.92 Å². The zero-order chi connectivity index (χ0) is 14.1. The molecule has 2 amide bonds. The molecule has 0 bridgehead atoms. The first-order valence-electron chi connectivity index (χ1n) is 7.18. The summed E-state index contributed by atoms with van der Waals surface area (Å²) in [7, 11) is 0. The van der Waals surface area contributed by atoms with E-state index in [0.29, 0.717) is 30.5 Å². The lowest BCUT2D eigenvalue weighted by Crippen LogP contribution is -2.35. The van der Waals surface area contributed by atoms with Crippen molar-refractivity contribution < 1.29 is 9.59 Å². The lowest BCUT2D eigenvalue weighted by Gasteiger charge is -2.09. The van der Waals surface area contributed by atoms with E-state index in [1.54, 1.807) is 6.07 Å². The normalized spacial score (nSPS) is 17.8. The maximum absolute atomic E-state index is 12.1. The van der Waals surface area contributed by atoms with Gasteiger partial charge in [0.1, 0.15) is 5.69 Å². The molecule has 3 rings (SSSR count). The van der Waals surface area contributed by atoms with Gasteiger partial charge in [-0.15, -0.1) is 0 Å². The van der Waals surface area contributed by atoms with Crippen molar-refractivity contribution in [2.45, 2.75) is 31.7 Å². The summed E-state index contributed by atoms with van der Waals surface area (Å²) in [5.74, 6) is 0.178. The second-order valence-corrected chi connectivity index (χ2v) is 5.62. The van der Waals surface area contributed by atoms with Crippen molar-refractivity contribution >= 4 is 17.5 Å². The Labute approximate surface area is 117 Å². The van der Waals surface area contributed by atoms with Gasteiger partial charge in [-0.05, 0) is 31.7 Å². The van der Waals surface area contributed by atoms with Gasteiger partial charge in [0.25, 0.3) is 5.91 Å². The molecule has 1 aromatic heterocycles. The number of nitrogens with zero attached hydrogens (tertiary/aromatic N) is 1. The monoisotopic (exact) mass is 276 g/mol. The van der Waals surface area contributed by atoms with Gasteiger partial charge in [-0.1, -0.05) is 0 Å². The van der Waals surface area contributed by atoms with E-state index in [9.17, 15) is 9.59 Å². The summed E-state index contributed by atoms with van der Waals surface area (Å²) >= 11 is 0. The highest BCUT2D eigenvalue weighted by Crippen LogP contribution is 2.37. The van der Waals surface area contributed by atoms with E-state index in [1.165, 1.54) is 0 Å². The Bertz CT molecular complexity index is 529. The fourth-order valence-electron chi connectivity index (χ4n) is 2.28. The van der Waals surface area contributed by atoms with E-state index in [2.05, 4.69) is 10.6 Å². The summed E-state index contributed by atoms with van der Waals surface area (Å²) in [6, 6.07) is 2.12. The van der Waals surface area contributed by atoms with E-state index in [-0.39, 0.29) is 17.7 Å². The van der Waals surface area contributed by atoms with E-state index >= 15 is 0 Å². The van der Waals surface area contributed by atoms with Crippen LogP contribution in [0.4, 0.5) is 5.69 Å². The molecule has 20 heavy (non-hydrogen) atoms. The van der Waals surface area contributed by atoms with Crippen LogP contribution in [0.5, 0.6) is 0 Å². The number of amides is 2. The minimum Gasteiger partial charge on any atom is -0.397 e. The van der Waals surface area contributed by atoms with E-state index < -0.39 is 0 Å². The summed E-state index contributed by atoms with van der Waals surface area (Å²) in [6.07, 6.45) is 6.01. The number of aromatic nitrogens is 1. The molecule has 0 aromatic carbocycles. The second kappa shape index (κ2) is 5.19. The van der Waals surface area contributed by atoms with Gasteiger partial charge in [0, 0.05) is 31.2 Å². The molecule has 6 heteroatoms. The minimum absolute atomic E-state index is 0.102. The largest absolute Gasteiger partial charge is 0.397 e. The van der Waals surface area contributed by atoms with E-state index in [1.807, 2.05) is 10.8 Å². The molecule has 2 aliphatic rings. The van der Waals surface area contributed by atoms with Crippen molar-refractivity contribution in [1.82, 2.24) is 15.2 Å². The minimum atomic E-state index is -0.130. The number of hydrogen-bond donors (Lipinski definition) is 3. The van der Waals surface area contributed by atoms with Crippen molar-refractivity contribution in [2.24, 2.45) is 5.92 Å². The smallest absolute Gasteiger partial charge is 0.268 e. The zero-order valence-electron chi connectivity index (χ0n) is 11.4. The summed E-state index contributed by atoms with van der Waals surface area (Å²) in [5, 5.41) is 5.64. The highest BCUT2D eigenvalue weighted by atomic mass is 16.2. The molecule has 6 nitrogen and oxygen atoms in total. The van der Waals surface area contributed by atoms with Crippen LogP contribution in [-0.4, -0.2) is 29.5 Å². The molecule has 1 heterocycles. The van der Waals surface area contributed by atoms with Crippen molar-refractivity contribution in [3.63, 3.8) is 0 Å². The molecule has 0 unspecified atom stereocenters. The molecular weight excluding hydrogens is 256 g/mol. The Kier molecular flexibility index (Phi) is 3.38. The SMILES string of the molecule is Nc1cc(C(=O)NCCNC(=O)C2CC2)n(C2CC2)c1. The van der Waals surface area contributed by atoms with Gasteiger partial charge < -0.3 is 20.9 Å². The third kappa shape index (κ3) is 2.95. The molecule has 0 aliphatic heterocycles. The van der Waals surface area contributed by atoms with Crippen LogP contribution >= 0.6 is 0 Å². The number of anilines is 1. The highest BCUT2D eigenvalue weighted by molar-refractivity contribution is 5.94. The lowest BCUT2D eigenvalue weighted by molar-refractivity contribution is -0.122. The first-order chi connectivity index (χ1) is 9.65. The van der Waals surface area contributed by atoms with Crippen LogP contribution in [0.15, 0.2) is 12.3 Å². The molecule has 108 valence electrons. The quantitative estimate of drug-likeness (QED) is 0.667. The van der Waals surface area contributed by atoms with Gasteiger partial charge in [-0.25, -0.2) is 0 Å². The van der Waals surface area contributed by atoms with Crippen LogP contribution in [0.1, 0.15) is 42.2 Å². The average molecular weight is 276 g/mol. The van der Waals surface area contributed by atoms with Crippen molar-refractivity contribution in [3.05, 3.63) is 18.0 Å². The maximum atomic E-state index is 12.1.